The molecular weight excluding hydrogens is 310 g/mol. The van der Waals surface area contributed by atoms with E-state index in [1.165, 1.54) is 24.3 Å². The lowest BCUT2D eigenvalue weighted by Crippen LogP contribution is -2.36. The van der Waals surface area contributed by atoms with Gasteiger partial charge in [-0.25, -0.2) is 13.6 Å². The molecule has 0 heterocycles. The monoisotopic (exact) mass is 324 g/mol. The minimum absolute atomic E-state index is 0.0119. The topological polar surface area (TPSA) is 41.1 Å². The van der Waals surface area contributed by atoms with Crippen molar-refractivity contribution >= 4 is 17.6 Å². The van der Waals surface area contributed by atoms with E-state index < -0.39 is 5.82 Å². The van der Waals surface area contributed by atoms with Crippen LogP contribution in [0.4, 0.5) is 13.6 Å². The zero-order valence-corrected chi connectivity index (χ0v) is 12.6. The van der Waals surface area contributed by atoms with Gasteiger partial charge in [-0.2, -0.15) is 0 Å². The summed E-state index contributed by atoms with van der Waals surface area (Å²) in [6.07, 6.45) is 0. The summed E-state index contributed by atoms with van der Waals surface area (Å²) in [6, 6.07) is 9.44. The first-order chi connectivity index (χ1) is 10.5. The van der Waals surface area contributed by atoms with E-state index in [-0.39, 0.29) is 29.5 Å². The molecule has 0 radical (unpaired) electrons. The molecule has 6 heteroatoms. The van der Waals surface area contributed by atoms with Crippen LogP contribution < -0.4 is 10.6 Å². The first kappa shape index (κ1) is 16.2. The summed E-state index contributed by atoms with van der Waals surface area (Å²) in [5, 5.41) is 5.40. The molecule has 0 saturated carbocycles. The van der Waals surface area contributed by atoms with E-state index in [2.05, 4.69) is 10.6 Å². The van der Waals surface area contributed by atoms with Gasteiger partial charge in [0.2, 0.25) is 0 Å². The fourth-order valence-corrected chi connectivity index (χ4v) is 2.09. The maximum Gasteiger partial charge on any atom is 0.315 e. The molecule has 2 aromatic rings. The molecule has 0 bridgehead atoms. The third-order valence-corrected chi connectivity index (χ3v) is 3.45. The van der Waals surface area contributed by atoms with Gasteiger partial charge in [-0.15, -0.1) is 0 Å². The molecule has 116 valence electrons. The van der Waals surface area contributed by atoms with Crippen LogP contribution >= 0.6 is 11.6 Å². The molecule has 2 N–H and O–H groups in total. The summed E-state index contributed by atoms with van der Waals surface area (Å²) < 4.78 is 25.9. The quantitative estimate of drug-likeness (QED) is 0.870. The molecule has 0 spiro atoms. The number of hydrogen-bond donors (Lipinski definition) is 2. The van der Waals surface area contributed by atoms with Crippen LogP contribution in [-0.2, 0) is 6.54 Å². The van der Waals surface area contributed by atoms with Crippen molar-refractivity contribution in [1.29, 1.82) is 0 Å². The predicted molar refractivity (Wildman–Crippen MR) is 81.6 cm³/mol. The van der Waals surface area contributed by atoms with Crippen LogP contribution in [0.15, 0.2) is 42.5 Å². The van der Waals surface area contributed by atoms with E-state index in [9.17, 15) is 13.6 Å². The minimum Gasteiger partial charge on any atom is -0.334 e. The standard InChI is InChI=1S/C16H15ClF2N2O/c1-10(12-4-7-15(19)14(17)8-12)21-16(22)20-9-11-2-5-13(18)6-3-11/h2-8,10H,9H2,1H3,(H2,20,21,22). The Labute approximate surface area is 132 Å². The zero-order valence-electron chi connectivity index (χ0n) is 11.9. The van der Waals surface area contributed by atoms with Gasteiger partial charge in [0, 0.05) is 6.54 Å². The lowest BCUT2D eigenvalue weighted by atomic mass is 10.1. The van der Waals surface area contributed by atoms with Crippen molar-refractivity contribution < 1.29 is 13.6 Å². The van der Waals surface area contributed by atoms with Gasteiger partial charge < -0.3 is 10.6 Å². The van der Waals surface area contributed by atoms with E-state index in [4.69, 9.17) is 11.6 Å². The molecule has 22 heavy (non-hydrogen) atoms. The molecule has 0 aliphatic carbocycles. The Morgan fingerprint density at radius 1 is 1.18 bits per heavy atom. The smallest absolute Gasteiger partial charge is 0.315 e. The maximum atomic E-state index is 13.1. The summed E-state index contributed by atoms with van der Waals surface area (Å²) >= 11 is 5.71. The highest BCUT2D eigenvalue weighted by Crippen LogP contribution is 2.20. The van der Waals surface area contributed by atoms with Crippen LogP contribution in [0.1, 0.15) is 24.1 Å². The minimum atomic E-state index is -0.502. The second-order valence-electron chi connectivity index (χ2n) is 4.85. The Bertz CT molecular complexity index is 662. The Hall–Kier alpha value is -2.14. The molecule has 3 nitrogen and oxygen atoms in total. The molecule has 0 saturated heterocycles. The fraction of sp³-hybridized carbons (Fsp3) is 0.188. The number of benzene rings is 2. The van der Waals surface area contributed by atoms with Gasteiger partial charge in [-0.05, 0) is 42.3 Å². The van der Waals surface area contributed by atoms with Crippen LogP contribution in [0.5, 0.6) is 0 Å². The highest BCUT2D eigenvalue weighted by Gasteiger charge is 2.11. The number of hydrogen-bond acceptors (Lipinski definition) is 1. The summed E-state index contributed by atoms with van der Waals surface area (Å²) in [5.41, 5.74) is 1.48. The lowest BCUT2D eigenvalue weighted by molar-refractivity contribution is 0.237. The van der Waals surface area contributed by atoms with Crippen molar-refractivity contribution in [3.8, 4) is 0 Å². The number of rotatable bonds is 4. The Kier molecular flexibility index (Phi) is 5.33. The molecule has 0 aliphatic rings. The number of urea groups is 1. The van der Waals surface area contributed by atoms with Crippen LogP contribution in [0, 0.1) is 11.6 Å². The SMILES string of the molecule is CC(NC(=O)NCc1ccc(F)cc1)c1ccc(F)c(Cl)c1. The molecular formula is C16H15ClF2N2O. The Morgan fingerprint density at radius 3 is 2.50 bits per heavy atom. The van der Waals surface area contributed by atoms with Gasteiger partial charge in [0.1, 0.15) is 11.6 Å². The van der Waals surface area contributed by atoms with Gasteiger partial charge in [0.05, 0.1) is 11.1 Å². The predicted octanol–water partition coefficient (Wildman–Crippen LogP) is 4.18. The fourth-order valence-electron chi connectivity index (χ4n) is 1.90. The van der Waals surface area contributed by atoms with Crippen LogP contribution in [0.25, 0.3) is 0 Å². The van der Waals surface area contributed by atoms with Crippen molar-refractivity contribution in [3.05, 3.63) is 70.2 Å². The van der Waals surface area contributed by atoms with Gasteiger partial charge >= 0.3 is 6.03 Å². The highest BCUT2D eigenvalue weighted by molar-refractivity contribution is 6.30. The van der Waals surface area contributed by atoms with E-state index in [0.717, 1.165) is 5.56 Å². The molecule has 1 atom stereocenters. The molecule has 2 amide bonds. The van der Waals surface area contributed by atoms with E-state index >= 15 is 0 Å². The summed E-state index contributed by atoms with van der Waals surface area (Å²) in [6.45, 7) is 2.05. The summed E-state index contributed by atoms with van der Waals surface area (Å²) in [5.74, 6) is -0.826. The Balaban J connectivity index is 1.88. The normalized spacial score (nSPS) is 11.8. The highest BCUT2D eigenvalue weighted by atomic mass is 35.5. The number of carbonyl (C=O) groups excluding carboxylic acids is 1. The van der Waals surface area contributed by atoms with Gasteiger partial charge in [-0.1, -0.05) is 29.8 Å². The second kappa shape index (κ2) is 7.22. The molecule has 2 rings (SSSR count). The molecule has 2 aromatic carbocycles. The second-order valence-corrected chi connectivity index (χ2v) is 5.26. The van der Waals surface area contributed by atoms with Crippen molar-refractivity contribution in [3.63, 3.8) is 0 Å². The molecule has 0 aliphatic heterocycles. The maximum absolute atomic E-state index is 13.1. The van der Waals surface area contributed by atoms with E-state index in [1.807, 2.05) is 0 Å². The first-order valence-corrected chi connectivity index (χ1v) is 7.07. The third kappa shape index (κ3) is 4.43. The molecule has 0 aromatic heterocycles. The van der Waals surface area contributed by atoms with Gasteiger partial charge in [0.25, 0.3) is 0 Å². The van der Waals surface area contributed by atoms with Crippen molar-refractivity contribution in [2.45, 2.75) is 19.5 Å². The van der Waals surface area contributed by atoms with Crippen molar-refractivity contribution in [2.24, 2.45) is 0 Å². The number of carbonyl (C=O) groups is 1. The van der Waals surface area contributed by atoms with Crippen LogP contribution in [0.3, 0.4) is 0 Å². The van der Waals surface area contributed by atoms with Crippen LogP contribution in [0.2, 0.25) is 5.02 Å². The van der Waals surface area contributed by atoms with Gasteiger partial charge in [0.15, 0.2) is 0 Å². The largest absolute Gasteiger partial charge is 0.334 e. The number of halogens is 3. The molecule has 1 unspecified atom stereocenters. The summed E-state index contributed by atoms with van der Waals surface area (Å²) in [7, 11) is 0. The first-order valence-electron chi connectivity index (χ1n) is 6.69. The average Bonchev–Trinajstić information content (AvgIpc) is 2.49. The van der Waals surface area contributed by atoms with E-state index in [1.54, 1.807) is 25.1 Å². The van der Waals surface area contributed by atoms with E-state index in [0.29, 0.717) is 5.56 Å². The lowest BCUT2D eigenvalue weighted by Gasteiger charge is -2.15. The zero-order chi connectivity index (χ0) is 16.1. The van der Waals surface area contributed by atoms with Crippen molar-refractivity contribution in [2.75, 3.05) is 0 Å². The third-order valence-electron chi connectivity index (χ3n) is 3.16. The molecule has 0 fully saturated rings. The number of nitrogens with one attached hydrogen (secondary N) is 2. The Morgan fingerprint density at radius 2 is 1.86 bits per heavy atom. The number of amides is 2. The van der Waals surface area contributed by atoms with Crippen molar-refractivity contribution in [1.82, 2.24) is 10.6 Å². The van der Waals surface area contributed by atoms with Gasteiger partial charge in [-0.3, -0.25) is 0 Å². The van der Waals surface area contributed by atoms with Crippen LogP contribution in [-0.4, -0.2) is 6.03 Å². The average molecular weight is 325 g/mol. The summed E-state index contributed by atoms with van der Waals surface area (Å²) in [4.78, 5) is 11.8.